The van der Waals surface area contributed by atoms with Gasteiger partial charge in [0.2, 0.25) is 0 Å². The minimum atomic E-state index is -1.01. The highest BCUT2D eigenvalue weighted by molar-refractivity contribution is 6.21. The van der Waals surface area contributed by atoms with Crippen molar-refractivity contribution in [3.05, 3.63) is 59.8 Å². The molecule has 0 saturated carbocycles. The van der Waals surface area contributed by atoms with Crippen LogP contribution in [0.1, 0.15) is 28.3 Å². The zero-order chi connectivity index (χ0) is 19.8. The lowest BCUT2D eigenvalue weighted by Gasteiger charge is -2.15. The predicted molar refractivity (Wildman–Crippen MR) is 107 cm³/mol. The Morgan fingerprint density at radius 1 is 1.14 bits per heavy atom. The van der Waals surface area contributed by atoms with E-state index in [2.05, 4.69) is 12.1 Å². The van der Waals surface area contributed by atoms with Gasteiger partial charge in [0.1, 0.15) is 0 Å². The van der Waals surface area contributed by atoms with Crippen molar-refractivity contribution in [3.8, 4) is 11.1 Å². The van der Waals surface area contributed by atoms with Crippen molar-refractivity contribution in [2.24, 2.45) is 0 Å². The molecule has 2 heterocycles. The van der Waals surface area contributed by atoms with E-state index in [-0.39, 0.29) is 11.7 Å². The van der Waals surface area contributed by atoms with Crippen LogP contribution in [0.3, 0.4) is 0 Å². The molecule has 1 amide bonds. The van der Waals surface area contributed by atoms with Crippen molar-refractivity contribution in [1.29, 1.82) is 0 Å². The number of aromatic carboxylic acids is 1. The molecule has 1 aromatic heterocycles. The fraction of sp³-hybridized carbons (Fsp3) is 0.238. The summed E-state index contributed by atoms with van der Waals surface area (Å²) in [6, 6.07) is 13.8. The Hall–Kier alpha value is -2.99. The van der Waals surface area contributed by atoms with Gasteiger partial charge in [0.25, 0.3) is 0 Å². The van der Waals surface area contributed by atoms with Crippen molar-refractivity contribution in [2.75, 3.05) is 20.2 Å². The molecule has 1 saturated heterocycles. The van der Waals surface area contributed by atoms with Crippen molar-refractivity contribution in [1.82, 2.24) is 8.99 Å². The summed E-state index contributed by atoms with van der Waals surface area (Å²) in [5.74, 6) is -0.715. The average molecular weight is 399 g/mol. The lowest BCUT2D eigenvalue weighted by atomic mass is 9.95. The van der Waals surface area contributed by atoms with Gasteiger partial charge in [-0.05, 0) is 35.2 Å². The number of nitrogens with zero attached hydrogens (tertiary/aromatic N) is 2. The van der Waals surface area contributed by atoms with E-state index in [1.165, 1.54) is 23.0 Å². The number of carbonyl (C=O) groups excluding carboxylic acids is 1. The van der Waals surface area contributed by atoms with Gasteiger partial charge in [-0.25, -0.2) is 9.59 Å². The Bertz CT molecular complexity index is 1060. The molecule has 3 aromatic rings. The van der Waals surface area contributed by atoms with Crippen molar-refractivity contribution in [2.45, 2.75) is 12.3 Å². The van der Waals surface area contributed by atoms with Gasteiger partial charge in [0.05, 0.1) is 18.2 Å². The van der Waals surface area contributed by atoms with Gasteiger partial charge in [0, 0.05) is 42.4 Å². The molecule has 1 unspecified atom stereocenters. The summed E-state index contributed by atoms with van der Waals surface area (Å²) >= 11 is 6.07. The molecule has 1 N–H and O–H groups in total. The SMILES string of the molecule is COC(=O)N1CCC(c2ccc(-c3ccc4c(c3)c(C(=O)O)cn4Cl)cc2)C1. The summed E-state index contributed by atoms with van der Waals surface area (Å²) < 4.78 is 6.10. The van der Waals surface area contributed by atoms with Gasteiger partial charge in [0.15, 0.2) is 0 Å². The second-order valence-electron chi connectivity index (χ2n) is 6.91. The minimum Gasteiger partial charge on any atom is -0.478 e. The molecule has 2 aromatic carbocycles. The summed E-state index contributed by atoms with van der Waals surface area (Å²) in [5, 5.41) is 9.99. The first kappa shape index (κ1) is 18.4. The molecule has 144 valence electrons. The number of methoxy groups -OCH3 is 1. The fourth-order valence-corrected chi connectivity index (χ4v) is 4.06. The van der Waals surface area contributed by atoms with E-state index in [1.54, 1.807) is 4.90 Å². The maximum absolute atomic E-state index is 11.7. The number of hydrogen-bond donors (Lipinski definition) is 1. The summed E-state index contributed by atoms with van der Waals surface area (Å²) in [7, 11) is 1.40. The zero-order valence-corrected chi connectivity index (χ0v) is 16.0. The minimum absolute atomic E-state index is 0.178. The highest BCUT2D eigenvalue weighted by atomic mass is 35.5. The van der Waals surface area contributed by atoms with E-state index < -0.39 is 5.97 Å². The van der Waals surface area contributed by atoms with Gasteiger partial charge in [-0.1, -0.05) is 30.3 Å². The van der Waals surface area contributed by atoms with Crippen LogP contribution in [0.15, 0.2) is 48.7 Å². The Morgan fingerprint density at radius 3 is 2.54 bits per heavy atom. The molecule has 6 nitrogen and oxygen atoms in total. The Balaban J connectivity index is 1.60. The first-order valence-electron chi connectivity index (χ1n) is 8.95. The molecule has 1 aliphatic rings. The molecule has 4 rings (SSSR count). The predicted octanol–water partition coefficient (Wildman–Crippen LogP) is 4.56. The smallest absolute Gasteiger partial charge is 0.409 e. The largest absolute Gasteiger partial charge is 0.478 e. The van der Waals surface area contributed by atoms with Crippen LogP contribution in [-0.2, 0) is 4.74 Å². The van der Waals surface area contributed by atoms with E-state index in [4.69, 9.17) is 16.5 Å². The van der Waals surface area contributed by atoms with Crippen LogP contribution in [0.25, 0.3) is 22.0 Å². The highest BCUT2D eigenvalue weighted by Gasteiger charge is 2.27. The maximum atomic E-state index is 11.7. The van der Waals surface area contributed by atoms with E-state index in [0.717, 1.165) is 17.5 Å². The normalized spacial score (nSPS) is 16.5. The monoisotopic (exact) mass is 398 g/mol. The summed E-state index contributed by atoms with van der Waals surface area (Å²) in [4.78, 5) is 24.8. The fourth-order valence-electron chi connectivity index (χ4n) is 3.82. The molecule has 0 aliphatic carbocycles. The summed E-state index contributed by atoms with van der Waals surface area (Å²) in [5.41, 5.74) is 3.93. The third kappa shape index (κ3) is 3.20. The molecule has 1 aliphatic heterocycles. The molecule has 1 atom stereocenters. The third-order valence-corrected chi connectivity index (χ3v) is 5.61. The Kier molecular flexibility index (Phi) is 4.73. The number of likely N-dealkylation sites (tertiary alicyclic amines) is 1. The number of carbonyl (C=O) groups is 2. The highest BCUT2D eigenvalue weighted by Crippen LogP contribution is 2.32. The molecule has 0 bridgehead atoms. The number of hydrogen-bond acceptors (Lipinski definition) is 3. The van der Waals surface area contributed by atoms with Crippen molar-refractivity contribution >= 4 is 34.7 Å². The number of aromatic nitrogens is 1. The molecular weight excluding hydrogens is 380 g/mol. The van der Waals surface area contributed by atoms with Crippen LogP contribution in [0.5, 0.6) is 0 Å². The number of ether oxygens (including phenoxy) is 1. The van der Waals surface area contributed by atoms with Crippen LogP contribution in [0, 0.1) is 0 Å². The van der Waals surface area contributed by atoms with E-state index in [9.17, 15) is 14.7 Å². The quantitative estimate of drug-likeness (QED) is 0.701. The average Bonchev–Trinajstić information content (AvgIpc) is 3.33. The van der Waals surface area contributed by atoms with E-state index >= 15 is 0 Å². The number of carboxylic acid groups (broad SMARTS) is 1. The van der Waals surface area contributed by atoms with Crippen LogP contribution in [0.2, 0.25) is 0 Å². The van der Waals surface area contributed by atoms with Crippen LogP contribution < -0.4 is 0 Å². The molecule has 0 radical (unpaired) electrons. The molecule has 0 spiro atoms. The Labute approximate surface area is 167 Å². The van der Waals surface area contributed by atoms with Gasteiger partial charge < -0.3 is 14.7 Å². The van der Waals surface area contributed by atoms with Gasteiger partial charge in [-0.2, -0.15) is 0 Å². The molecular formula is C21H19ClN2O4. The van der Waals surface area contributed by atoms with Gasteiger partial charge >= 0.3 is 12.1 Å². The zero-order valence-electron chi connectivity index (χ0n) is 15.3. The number of rotatable bonds is 3. The van der Waals surface area contributed by atoms with Gasteiger partial charge in [-0.15, -0.1) is 0 Å². The van der Waals surface area contributed by atoms with Crippen molar-refractivity contribution in [3.63, 3.8) is 0 Å². The van der Waals surface area contributed by atoms with Gasteiger partial charge in [-0.3, -0.25) is 4.09 Å². The molecule has 7 heteroatoms. The van der Waals surface area contributed by atoms with Crippen LogP contribution >= 0.6 is 11.8 Å². The first-order chi connectivity index (χ1) is 13.5. The van der Waals surface area contributed by atoms with E-state index in [1.807, 2.05) is 30.3 Å². The third-order valence-electron chi connectivity index (χ3n) is 5.33. The number of amides is 1. The van der Waals surface area contributed by atoms with Crippen LogP contribution in [0.4, 0.5) is 4.79 Å². The standard InChI is InChI=1S/C21H19ClN2O4/c1-28-21(27)23-9-8-16(11-23)14-4-2-13(3-5-14)15-6-7-19-17(10-15)18(20(25)26)12-24(19)22/h2-7,10,12,16H,8-9,11H2,1H3,(H,25,26). The van der Waals surface area contributed by atoms with Crippen LogP contribution in [-0.4, -0.2) is 46.4 Å². The first-order valence-corrected chi connectivity index (χ1v) is 9.29. The number of carboxylic acids is 1. The maximum Gasteiger partial charge on any atom is 0.409 e. The molecule has 1 fully saturated rings. The Morgan fingerprint density at radius 2 is 1.86 bits per heavy atom. The second kappa shape index (κ2) is 7.20. The number of halogens is 1. The van der Waals surface area contributed by atoms with E-state index in [0.29, 0.717) is 29.9 Å². The summed E-state index contributed by atoms with van der Waals surface area (Å²) in [6.07, 6.45) is 2.04. The number of benzene rings is 2. The molecule has 28 heavy (non-hydrogen) atoms. The lowest BCUT2D eigenvalue weighted by molar-refractivity contribution is 0.0699. The van der Waals surface area contributed by atoms with Crippen molar-refractivity contribution < 1.29 is 19.4 Å². The second-order valence-corrected chi connectivity index (χ2v) is 7.28. The topological polar surface area (TPSA) is 71.8 Å². The number of fused-ring (bicyclic) bond motifs is 1. The lowest BCUT2D eigenvalue weighted by Crippen LogP contribution is -2.28. The summed E-state index contributed by atoms with van der Waals surface area (Å²) in [6.45, 7) is 1.35.